The normalized spacial score (nSPS) is 11.5. The number of amides is 1. The maximum atomic E-state index is 13.0. The highest BCUT2D eigenvalue weighted by Gasteiger charge is 2.15. The summed E-state index contributed by atoms with van der Waals surface area (Å²) in [7, 11) is -3.85. The quantitative estimate of drug-likeness (QED) is 0.486. The third kappa shape index (κ3) is 6.11. The molecular formula is C21H23FN4O4S. The molecular weight excluding hydrogens is 423 g/mol. The summed E-state index contributed by atoms with van der Waals surface area (Å²) in [6.07, 6.45) is 1.17. The van der Waals surface area contributed by atoms with Crippen molar-refractivity contribution in [3.63, 3.8) is 0 Å². The van der Waals surface area contributed by atoms with E-state index < -0.39 is 15.8 Å². The van der Waals surface area contributed by atoms with Gasteiger partial charge in [-0.3, -0.25) is 9.52 Å². The van der Waals surface area contributed by atoms with Gasteiger partial charge in [-0.2, -0.15) is 4.98 Å². The van der Waals surface area contributed by atoms with E-state index in [0.717, 1.165) is 12.1 Å². The number of carbonyl (C=O) groups is 1. The lowest BCUT2D eigenvalue weighted by Crippen LogP contribution is -2.25. The maximum absolute atomic E-state index is 13.0. The smallest absolute Gasteiger partial charge is 0.261 e. The van der Waals surface area contributed by atoms with Gasteiger partial charge in [-0.15, -0.1) is 0 Å². The zero-order valence-electron chi connectivity index (χ0n) is 17.1. The van der Waals surface area contributed by atoms with Crippen LogP contribution in [0.1, 0.15) is 48.3 Å². The van der Waals surface area contributed by atoms with E-state index in [4.69, 9.17) is 4.52 Å². The Morgan fingerprint density at radius 2 is 1.77 bits per heavy atom. The van der Waals surface area contributed by atoms with Crippen molar-refractivity contribution in [2.24, 2.45) is 0 Å². The van der Waals surface area contributed by atoms with Crippen LogP contribution >= 0.6 is 0 Å². The van der Waals surface area contributed by atoms with Crippen LogP contribution in [0, 0.1) is 5.82 Å². The predicted molar refractivity (Wildman–Crippen MR) is 113 cm³/mol. The summed E-state index contributed by atoms with van der Waals surface area (Å²) >= 11 is 0. The third-order valence-electron chi connectivity index (χ3n) is 4.38. The van der Waals surface area contributed by atoms with E-state index in [1.54, 1.807) is 0 Å². The average Bonchev–Trinajstić information content (AvgIpc) is 3.22. The molecule has 0 aliphatic carbocycles. The van der Waals surface area contributed by atoms with Crippen LogP contribution in [-0.4, -0.2) is 31.0 Å². The first-order valence-corrected chi connectivity index (χ1v) is 11.2. The molecule has 1 amide bonds. The van der Waals surface area contributed by atoms with Crippen LogP contribution in [0.25, 0.3) is 0 Å². The molecule has 0 bridgehead atoms. The number of halogens is 1. The fraction of sp³-hybridized carbons (Fsp3) is 0.286. The van der Waals surface area contributed by atoms with Gasteiger partial charge in [-0.1, -0.05) is 19.0 Å². The van der Waals surface area contributed by atoms with Gasteiger partial charge in [-0.05, 0) is 55.0 Å². The number of carbonyl (C=O) groups excluding carboxylic acids is 1. The van der Waals surface area contributed by atoms with Gasteiger partial charge in [0.05, 0.1) is 4.90 Å². The number of hydrogen-bond donors (Lipinski definition) is 2. The molecule has 3 aromatic rings. The molecule has 0 saturated carbocycles. The minimum atomic E-state index is -3.85. The summed E-state index contributed by atoms with van der Waals surface area (Å²) < 4.78 is 45.3. The van der Waals surface area contributed by atoms with Crippen molar-refractivity contribution in [2.45, 2.75) is 37.5 Å². The number of anilines is 1. The fourth-order valence-electron chi connectivity index (χ4n) is 2.67. The molecule has 0 unspecified atom stereocenters. The van der Waals surface area contributed by atoms with Crippen LogP contribution in [-0.2, 0) is 16.4 Å². The first-order chi connectivity index (χ1) is 14.7. The molecule has 2 aromatic carbocycles. The van der Waals surface area contributed by atoms with Crippen molar-refractivity contribution in [1.82, 2.24) is 15.5 Å². The molecule has 10 heteroatoms. The molecule has 2 N–H and O–H groups in total. The highest BCUT2D eigenvalue weighted by molar-refractivity contribution is 7.92. The third-order valence-corrected chi connectivity index (χ3v) is 5.77. The molecule has 31 heavy (non-hydrogen) atoms. The highest BCUT2D eigenvalue weighted by Crippen LogP contribution is 2.17. The van der Waals surface area contributed by atoms with E-state index in [1.165, 1.54) is 36.4 Å². The average molecular weight is 447 g/mol. The Hall–Kier alpha value is -3.27. The van der Waals surface area contributed by atoms with Crippen molar-refractivity contribution < 1.29 is 22.1 Å². The molecule has 1 heterocycles. The summed E-state index contributed by atoms with van der Waals surface area (Å²) in [5.74, 6) is 0.596. The molecule has 0 saturated heterocycles. The van der Waals surface area contributed by atoms with E-state index in [0.29, 0.717) is 36.7 Å². The summed E-state index contributed by atoms with van der Waals surface area (Å²) in [6.45, 7) is 4.36. The summed E-state index contributed by atoms with van der Waals surface area (Å²) in [5.41, 5.74) is 0.575. The molecule has 0 radical (unpaired) electrons. The molecule has 0 fully saturated rings. The van der Waals surface area contributed by atoms with E-state index >= 15 is 0 Å². The van der Waals surface area contributed by atoms with Crippen LogP contribution in [0.2, 0.25) is 0 Å². The van der Waals surface area contributed by atoms with Gasteiger partial charge in [0, 0.05) is 30.1 Å². The van der Waals surface area contributed by atoms with Gasteiger partial charge in [0.25, 0.3) is 15.9 Å². The van der Waals surface area contributed by atoms with Crippen LogP contribution in [0.15, 0.2) is 57.9 Å². The van der Waals surface area contributed by atoms with Gasteiger partial charge in [0.15, 0.2) is 5.82 Å². The zero-order chi connectivity index (χ0) is 22.4. The van der Waals surface area contributed by atoms with Crippen molar-refractivity contribution in [1.29, 1.82) is 0 Å². The van der Waals surface area contributed by atoms with Crippen LogP contribution < -0.4 is 10.0 Å². The second kappa shape index (κ2) is 9.69. The van der Waals surface area contributed by atoms with E-state index in [-0.39, 0.29) is 22.4 Å². The number of hydrogen-bond acceptors (Lipinski definition) is 6. The minimum Gasteiger partial charge on any atom is -0.352 e. The Labute approximate surface area is 179 Å². The van der Waals surface area contributed by atoms with Gasteiger partial charge in [0.1, 0.15) is 5.82 Å². The molecule has 0 aliphatic rings. The lowest BCUT2D eigenvalue weighted by Gasteiger charge is -2.09. The van der Waals surface area contributed by atoms with Gasteiger partial charge in [0.2, 0.25) is 5.89 Å². The number of sulfonamides is 1. The van der Waals surface area contributed by atoms with E-state index in [2.05, 4.69) is 20.2 Å². The lowest BCUT2D eigenvalue weighted by atomic mass is 10.2. The Morgan fingerprint density at radius 1 is 1.10 bits per heavy atom. The number of aryl methyl sites for hydroxylation is 1. The van der Waals surface area contributed by atoms with Gasteiger partial charge < -0.3 is 9.84 Å². The number of rotatable bonds is 9. The van der Waals surface area contributed by atoms with Gasteiger partial charge in [-0.25, -0.2) is 12.8 Å². The van der Waals surface area contributed by atoms with Gasteiger partial charge >= 0.3 is 0 Å². The highest BCUT2D eigenvalue weighted by atomic mass is 32.2. The topological polar surface area (TPSA) is 114 Å². The molecule has 1 aromatic heterocycles. The second-order valence-electron chi connectivity index (χ2n) is 7.20. The van der Waals surface area contributed by atoms with E-state index in [9.17, 15) is 17.6 Å². The monoisotopic (exact) mass is 446 g/mol. The van der Waals surface area contributed by atoms with Crippen molar-refractivity contribution in [3.8, 4) is 0 Å². The maximum Gasteiger partial charge on any atom is 0.261 e. The Balaban J connectivity index is 1.51. The molecule has 8 nitrogen and oxygen atoms in total. The molecule has 3 rings (SSSR count). The number of nitrogens with zero attached hydrogens (tertiary/aromatic N) is 2. The minimum absolute atomic E-state index is 0.00859. The Kier molecular flexibility index (Phi) is 7.01. The number of aromatic nitrogens is 2. The van der Waals surface area contributed by atoms with Crippen LogP contribution in [0.3, 0.4) is 0 Å². The fourth-order valence-corrected chi connectivity index (χ4v) is 3.72. The number of benzene rings is 2. The molecule has 164 valence electrons. The summed E-state index contributed by atoms with van der Waals surface area (Å²) in [4.78, 5) is 16.5. The largest absolute Gasteiger partial charge is 0.352 e. The molecule has 0 atom stereocenters. The zero-order valence-corrected chi connectivity index (χ0v) is 17.9. The standard InChI is InChI=1S/C21H23FN4O4S/c1-14(2)20-24-19(30-25-20)4-3-13-23-21(27)15-5-11-18(12-6-15)31(28,29)26-17-9-7-16(22)8-10-17/h5-12,14,26H,3-4,13H2,1-2H3,(H,23,27). The Morgan fingerprint density at radius 3 is 2.39 bits per heavy atom. The van der Waals surface area contributed by atoms with Crippen LogP contribution in [0.5, 0.6) is 0 Å². The van der Waals surface area contributed by atoms with Crippen molar-refractivity contribution >= 4 is 21.6 Å². The first-order valence-electron chi connectivity index (χ1n) is 9.74. The van der Waals surface area contributed by atoms with Crippen molar-refractivity contribution in [2.75, 3.05) is 11.3 Å². The summed E-state index contributed by atoms with van der Waals surface area (Å²) in [5, 5.41) is 6.66. The molecule has 0 spiro atoms. The summed E-state index contributed by atoms with van der Waals surface area (Å²) in [6, 6.07) is 10.5. The molecule has 0 aliphatic heterocycles. The second-order valence-corrected chi connectivity index (χ2v) is 8.88. The first kappa shape index (κ1) is 22.4. The lowest BCUT2D eigenvalue weighted by molar-refractivity contribution is 0.0953. The van der Waals surface area contributed by atoms with Crippen molar-refractivity contribution in [3.05, 3.63) is 71.6 Å². The Bertz CT molecular complexity index is 1130. The van der Waals surface area contributed by atoms with Crippen LogP contribution in [0.4, 0.5) is 10.1 Å². The predicted octanol–water partition coefficient (Wildman–Crippen LogP) is 3.50. The SMILES string of the molecule is CC(C)c1noc(CCCNC(=O)c2ccc(S(=O)(=O)Nc3ccc(F)cc3)cc2)n1. The van der Waals surface area contributed by atoms with E-state index in [1.807, 2.05) is 13.8 Å². The number of nitrogens with one attached hydrogen (secondary N) is 2.